The van der Waals surface area contributed by atoms with Crippen molar-refractivity contribution in [3.8, 4) is 11.3 Å². The Morgan fingerprint density at radius 1 is 1.11 bits per heavy atom. The predicted molar refractivity (Wildman–Crippen MR) is 141 cm³/mol. The van der Waals surface area contributed by atoms with Gasteiger partial charge in [-0.05, 0) is 67.2 Å². The van der Waals surface area contributed by atoms with E-state index in [0.717, 1.165) is 22.5 Å². The maximum atomic E-state index is 12.9. The van der Waals surface area contributed by atoms with E-state index in [1.807, 2.05) is 90.7 Å². The number of benzene rings is 2. The summed E-state index contributed by atoms with van der Waals surface area (Å²) < 4.78 is 6.32. The van der Waals surface area contributed by atoms with E-state index < -0.39 is 0 Å². The Hall–Kier alpha value is -3.68. The highest BCUT2D eigenvalue weighted by molar-refractivity contribution is 7.80. The number of carbonyl (C=O) groups is 1. The fraction of sp³-hybridized carbons (Fsp3) is 0.148. The van der Waals surface area contributed by atoms with Crippen LogP contribution in [-0.2, 0) is 4.79 Å². The van der Waals surface area contributed by atoms with Crippen molar-refractivity contribution >= 4 is 40.5 Å². The number of hydrogen-bond donors (Lipinski definition) is 2. The van der Waals surface area contributed by atoms with Crippen LogP contribution in [0.4, 0.5) is 5.69 Å². The number of amides is 1. The van der Waals surface area contributed by atoms with Crippen LogP contribution < -0.4 is 10.6 Å². The molecule has 3 heterocycles. The van der Waals surface area contributed by atoms with Gasteiger partial charge >= 0.3 is 0 Å². The third kappa shape index (κ3) is 4.92. The molecule has 1 saturated heterocycles. The summed E-state index contributed by atoms with van der Waals surface area (Å²) in [6, 6.07) is 24.1. The van der Waals surface area contributed by atoms with Gasteiger partial charge in [0.15, 0.2) is 5.11 Å². The summed E-state index contributed by atoms with van der Waals surface area (Å²) in [6.45, 7) is 2.02. The molecule has 35 heavy (non-hydrogen) atoms. The molecule has 2 aromatic carbocycles. The number of hydrogen-bond acceptors (Lipinski definition) is 4. The highest BCUT2D eigenvalue weighted by atomic mass is 35.5. The normalized spacial score (nSPS) is 17.3. The van der Waals surface area contributed by atoms with Crippen molar-refractivity contribution < 1.29 is 9.21 Å². The fourth-order valence-electron chi connectivity index (χ4n) is 4.17. The van der Waals surface area contributed by atoms with E-state index in [9.17, 15) is 4.79 Å². The van der Waals surface area contributed by atoms with Crippen LogP contribution in [-0.4, -0.2) is 27.4 Å². The molecule has 1 aliphatic heterocycles. The molecule has 0 aliphatic carbocycles. The van der Waals surface area contributed by atoms with Crippen LogP contribution in [0.15, 0.2) is 89.5 Å². The number of aryl methyl sites for hydroxylation is 1. The van der Waals surface area contributed by atoms with Gasteiger partial charge in [-0.15, -0.1) is 0 Å². The molecule has 2 aromatic heterocycles. The monoisotopic (exact) mass is 502 g/mol. The number of furan rings is 1. The summed E-state index contributed by atoms with van der Waals surface area (Å²) in [7, 11) is 0. The van der Waals surface area contributed by atoms with Crippen LogP contribution in [0.25, 0.3) is 11.3 Å². The average molecular weight is 503 g/mol. The summed E-state index contributed by atoms with van der Waals surface area (Å²) in [6.07, 6.45) is 1.74. The Morgan fingerprint density at radius 3 is 2.66 bits per heavy atom. The SMILES string of the molecule is Cc1ccc(-c2ccc([C@@H]3[C@@H](c4ccccn4)NC(=S)N3CC(=O)Nc3ccccc3)o2)cc1Cl. The fourth-order valence-corrected chi connectivity index (χ4v) is 4.66. The van der Waals surface area contributed by atoms with Gasteiger partial charge in [0.2, 0.25) is 5.91 Å². The number of aromatic nitrogens is 1. The average Bonchev–Trinajstić information content (AvgIpc) is 3.47. The summed E-state index contributed by atoms with van der Waals surface area (Å²) >= 11 is 12.0. The standard InChI is InChI=1S/C27H23ClN4O2S/c1-17-10-11-18(15-20(17)28)22-12-13-23(34-22)26-25(21-9-5-6-14-29-21)31-27(35)32(26)16-24(33)30-19-7-3-2-4-8-19/h2-15,25-26H,16H2,1H3,(H,30,33)(H,31,35)/t25-,26-/m1/s1. The minimum Gasteiger partial charge on any atom is -0.459 e. The number of rotatable bonds is 6. The number of pyridine rings is 1. The van der Waals surface area contributed by atoms with E-state index in [0.29, 0.717) is 21.7 Å². The third-order valence-electron chi connectivity index (χ3n) is 5.94. The summed E-state index contributed by atoms with van der Waals surface area (Å²) in [5, 5.41) is 7.41. The number of nitrogens with zero attached hydrogens (tertiary/aromatic N) is 2. The van der Waals surface area contributed by atoms with Crippen molar-refractivity contribution in [3.05, 3.63) is 107 Å². The Labute approximate surface area is 213 Å². The van der Waals surface area contributed by atoms with Gasteiger partial charge in [0.25, 0.3) is 0 Å². The Bertz CT molecular complexity index is 1360. The molecule has 0 radical (unpaired) electrons. The van der Waals surface area contributed by atoms with Crippen LogP contribution in [0.5, 0.6) is 0 Å². The highest BCUT2D eigenvalue weighted by Crippen LogP contribution is 2.40. The molecule has 5 rings (SSSR count). The number of para-hydroxylation sites is 1. The largest absolute Gasteiger partial charge is 0.459 e. The van der Waals surface area contributed by atoms with Gasteiger partial charge in [0.05, 0.1) is 11.7 Å². The second-order valence-corrected chi connectivity index (χ2v) is 9.13. The molecule has 4 aromatic rings. The molecule has 2 N–H and O–H groups in total. The molecule has 1 fully saturated rings. The van der Waals surface area contributed by atoms with Crippen LogP contribution >= 0.6 is 23.8 Å². The molecular weight excluding hydrogens is 480 g/mol. The van der Waals surface area contributed by atoms with E-state index in [1.165, 1.54) is 0 Å². The van der Waals surface area contributed by atoms with E-state index in [-0.39, 0.29) is 24.5 Å². The molecule has 6 nitrogen and oxygen atoms in total. The van der Waals surface area contributed by atoms with Gasteiger partial charge in [-0.2, -0.15) is 0 Å². The molecule has 8 heteroatoms. The minimum atomic E-state index is -0.367. The number of halogens is 1. The lowest BCUT2D eigenvalue weighted by Gasteiger charge is -2.25. The molecule has 0 bridgehead atoms. The van der Waals surface area contributed by atoms with Crippen molar-refractivity contribution in [2.75, 3.05) is 11.9 Å². The smallest absolute Gasteiger partial charge is 0.244 e. The van der Waals surface area contributed by atoms with Crippen molar-refractivity contribution in [1.82, 2.24) is 15.2 Å². The van der Waals surface area contributed by atoms with Gasteiger partial charge in [0, 0.05) is 22.5 Å². The Kier molecular flexibility index (Phi) is 6.53. The van der Waals surface area contributed by atoms with Crippen LogP contribution in [0, 0.1) is 6.92 Å². The lowest BCUT2D eigenvalue weighted by atomic mass is 10.0. The lowest BCUT2D eigenvalue weighted by molar-refractivity contribution is -0.116. The van der Waals surface area contributed by atoms with Crippen molar-refractivity contribution in [3.63, 3.8) is 0 Å². The van der Waals surface area contributed by atoms with Crippen molar-refractivity contribution in [2.24, 2.45) is 0 Å². The van der Waals surface area contributed by atoms with Gasteiger partial charge in [-0.1, -0.05) is 48.0 Å². The zero-order valence-electron chi connectivity index (χ0n) is 18.9. The Balaban J connectivity index is 1.47. The van der Waals surface area contributed by atoms with E-state index >= 15 is 0 Å². The lowest BCUT2D eigenvalue weighted by Crippen LogP contribution is -2.36. The van der Waals surface area contributed by atoms with Crippen molar-refractivity contribution in [2.45, 2.75) is 19.0 Å². The van der Waals surface area contributed by atoms with E-state index in [4.69, 9.17) is 28.2 Å². The molecule has 0 saturated carbocycles. The predicted octanol–water partition coefficient (Wildman–Crippen LogP) is 5.91. The summed E-state index contributed by atoms with van der Waals surface area (Å²) in [4.78, 5) is 19.3. The maximum Gasteiger partial charge on any atom is 0.244 e. The van der Waals surface area contributed by atoms with Crippen molar-refractivity contribution in [1.29, 1.82) is 0 Å². The van der Waals surface area contributed by atoms with Gasteiger partial charge in [-0.25, -0.2) is 0 Å². The molecule has 0 spiro atoms. The molecule has 176 valence electrons. The summed E-state index contributed by atoms with van der Waals surface area (Å²) in [5.41, 5.74) is 3.41. The molecular formula is C27H23ClN4O2S. The van der Waals surface area contributed by atoms with Gasteiger partial charge in [-0.3, -0.25) is 9.78 Å². The first-order valence-electron chi connectivity index (χ1n) is 11.2. The zero-order chi connectivity index (χ0) is 24.4. The quantitative estimate of drug-likeness (QED) is 0.319. The molecule has 2 atom stereocenters. The Morgan fingerprint density at radius 2 is 1.91 bits per heavy atom. The topological polar surface area (TPSA) is 70.4 Å². The number of nitrogens with one attached hydrogen (secondary N) is 2. The number of carbonyl (C=O) groups excluding carboxylic acids is 1. The van der Waals surface area contributed by atoms with Gasteiger partial charge < -0.3 is 20.0 Å². The molecule has 1 aliphatic rings. The zero-order valence-corrected chi connectivity index (χ0v) is 20.5. The second-order valence-electron chi connectivity index (χ2n) is 8.33. The highest BCUT2D eigenvalue weighted by Gasteiger charge is 2.42. The first-order valence-corrected chi connectivity index (χ1v) is 12.0. The minimum absolute atomic E-state index is 0.0567. The van der Waals surface area contributed by atoms with E-state index in [1.54, 1.807) is 6.20 Å². The van der Waals surface area contributed by atoms with E-state index in [2.05, 4.69) is 15.6 Å². The van der Waals surface area contributed by atoms with Crippen LogP contribution in [0.2, 0.25) is 5.02 Å². The first kappa shape index (κ1) is 23.1. The van der Waals surface area contributed by atoms with Crippen LogP contribution in [0.1, 0.15) is 29.1 Å². The third-order valence-corrected chi connectivity index (χ3v) is 6.70. The molecule has 0 unspecified atom stereocenters. The number of thiocarbonyl (C=S) groups is 1. The number of anilines is 1. The van der Waals surface area contributed by atoms with Crippen LogP contribution in [0.3, 0.4) is 0 Å². The van der Waals surface area contributed by atoms with Gasteiger partial charge in [0.1, 0.15) is 24.1 Å². The molecule has 1 amide bonds. The maximum absolute atomic E-state index is 12.9. The second kappa shape index (κ2) is 9.90. The summed E-state index contributed by atoms with van der Waals surface area (Å²) in [5.74, 6) is 1.18. The first-order chi connectivity index (χ1) is 17.0.